The minimum absolute atomic E-state index is 0.000188. The minimum atomic E-state index is -3.61. The number of benzene rings is 3. The average Bonchev–Trinajstić information content (AvgIpc) is 2.81. The van der Waals surface area contributed by atoms with Gasteiger partial charge in [-0.1, -0.05) is 0 Å². The molecule has 0 saturated carbocycles. The van der Waals surface area contributed by atoms with Gasteiger partial charge in [0.05, 0.1) is 0 Å². The second-order valence-electron chi connectivity index (χ2n) is 7.23. The molecular formula is C26H25O3PSe. The van der Waals surface area contributed by atoms with Gasteiger partial charge < -0.3 is 0 Å². The Morgan fingerprint density at radius 3 is 1.84 bits per heavy atom. The second-order valence-corrected chi connectivity index (χ2v) is 11.3. The molecule has 0 atom stereocenters. The van der Waals surface area contributed by atoms with Gasteiger partial charge >= 0.3 is 191 Å². The van der Waals surface area contributed by atoms with Crippen molar-refractivity contribution in [2.45, 2.75) is 25.7 Å². The predicted octanol–water partition coefficient (Wildman–Crippen LogP) is 6.71. The molecule has 0 fully saturated rings. The first kappa shape index (κ1) is 21.7. The molecule has 1 aliphatic rings. The predicted molar refractivity (Wildman–Crippen MR) is 128 cm³/mol. The van der Waals surface area contributed by atoms with E-state index < -0.39 is 7.60 Å². The summed E-state index contributed by atoms with van der Waals surface area (Å²) in [5, 5.41) is 0. The van der Waals surface area contributed by atoms with Crippen LogP contribution in [0.3, 0.4) is 0 Å². The Bertz CT molecular complexity index is 1030. The van der Waals surface area contributed by atoms with Crippen molar-refractivity contribution in [2.75, 3.05) is 0 Å². The Kier molecular flexibility index (Phi) is 7.48. The Hall–Kier alpha value is -2.51. The van der Waals surface area contributed by atoms with E-state index in [0.717, 1.165) is 23.7 Å². The summed E-state index contributed by atoms with van der Waals surface area (Å²) in [5.74, 6) is 2.82. The van der Waals surface area contributed by atoms with Gasteiger partial charge in [0, 0.05) is 0 Å². The van der Waals surface area contributed by atoms with Crippen molar-refractivity contribution in [2.24, 2.45) is 0 Å². The van der Waals surface area contributed by atoms with Crippen molar-refractivity contribution in [3.8, 4) is 11.5 Å². The van der Waals surface area contributed by atoms with Crippen molar-refractivity contribution >= 4 is 27.0 Å². The van der Waals surface area contributed by atoms with Gasteiger partial charge in [-0.05, 0) is 0 Å². The van der Waals surface area contributed by atoms with Crippen LogP contribution in [0.25, 0.3) is 0 Å². The van der Waals surface area contributed by atoms with E-state index in [1.807, 2.05) is 54.6 Å². The molecule has 1 aliphatic carbocycles. The summed E-state index contributed by atoms with van der Waals surface area (Å²) in [6.07, 6.45) is 6.69. The van der Waals surface area contributed by atoms with Gasteiger partial charge in [-0.3, -0.25) is 0 Å². The summed E-state index contributed by atoms with van der Waals surface area (Å²) < 4.78 is 28.4. The first-order valence-corrected chi connectivity index (χ1v) is 13.8. The van der Waals surface area contributed by atoms with E-state index >= 15 is 0 Å². The van der Waals surface area contributed by atoms with Crippen molar-refractivity contribution in [1.82, 2.24) is 0 Å². The van der Waals surface area contributed by atoms with Gasteiger partial charge in [0.15, 0.2) is 0 Å². The van der Waals surface area contributed by atoms with E-state index in [-0.39, 0.29) is 15.0 Å². The number of rotatable bonds is 8. The van der Waals surface area contributed by atoms with Crippen LogP contribution in [-0.2, 0) is 4.57 Å². The molecule has 0 aromatic heterocycles. The molecule has 0 saturated heterocycles. The van der Waals surface area contributed by atoms with E-state index in [1.54, 1.807) is 30.1 Å². The Labute approximate surface area is 190 Å². The number of hydrogen-bond donors (Lipinski definition) is 0. The van der Waals surface area contributed by atoms with Crippen LogP contribution in [0.1, 0.15) is 25.7 Å². The molecule has 0 spiro atoms. The Morgan fingerprint density at radius 2 is 1.32 bits per heavy atom. The van der Waals surface area contributed by atoms with Gasteiger partial charge in [-0.25, -0.2) is 0 Å². The first-order valence-electron chi connectivity index (χ1n) is 10.4. The van der Waals surface area contributed by atoms with Crippen LogP contribution in [0.2, 0.25) is 0 Å². The third-order valence-corrected chi connectivity index (χ3v) is 9.03. The van der Waals surface area contributed by atoms with Crippen LogP contribution >= 0.6 is 7.60 Å². The molecular weight excluding hydrogens is 470 g/mol. The molecule has 0 N–H and O–H groups in total. The molecule has 0 amide bonds. The zero-order chi connectivity index (χ0) is 21.4. The average molecular weight is 495 g/mol. The monoisotopic (exact) mass is 496 g/mol. The standard InChI is InChI=1S/C26H25O3PSe/c27-30(28-23-15-7-2-8-16-23,29-24-17-9-3-10-18-24)21-26(22-13-5-1-6-14-22)31-25-19-11-4-12-20-25/h2-4,7-13,15-21H,1,5-6,14H2/b26-21-. The van der Waals surface area contributed by atoms with Crippen LogP contribution in [0, 0.1) is 0 Å². The van der Waals surface area contributed by atoms with Crippen LogP contribution in [0.15, 0.2) is 113 Å². The van der Waals surface area contributed by atoms with Gasteiger partial charge in [0.2, 0.25) is 0 Å². The topological polar surface area (TPSA) is 35.5 Å². The van der Waals surface area contributed by atoms with Gasteiger partial charge in [-0.2, -0.15) is 0 Å². The SMILES string of the molecule is O=P(/C=C(\[Se]c1ccccc1)C1=CCCCC1)(Oc1ccccc1)Oc1ccccc1. The Morgan fingerprint density at radius 1 is 0.774 bits per heavy atom. The van der Waals surface area contributed by atoms with Gasteiger partial charge in [0.1, 0.15) is 0 Å². The summed E-state index contributed by atoms with van der Waals surface area (Å²) in [6.45, 7) is 0. The van der Waals surface area contributed by atoms with Gasteiger partial charge in [-0.15, -0.1) is 0 Å². The summed E-state index contributed by atoms with van der Waals surface area (Å²) >= 11 is 0.000188. The van der Waals surface area contributed by atoms with Crippen molar-refractivity contribution in [3.63, 3.8) is 0 Å². The summed E-state index contributed by atoms with van der Waals surface area (Å²) in [4.78, 5) is 0. The third kappa shape index (κ3) is 6.48. The molecule has 158 valence electrons. The van der Waals surface area contributed by atoms with E-state index in [2.05, 4.69) is 18.2 Å². The normalized spacial score (nSPS) is 14.6. The van der Waals surface area contributed by atoms with Crippen molar-refractivity contribution in [3.05, 3.63) is 113 Å². The van der Waals surface area contributed by atoms with E-state index in [4.69, 9.17) is 9.05 Å². The molecule has 0 bridgehead atoms. The summed E-state index contributed by atoms with van der Waals surface area (Å²) in [7, 11) is -3.61. The zero-order valence-corrected chi connectivity index (χ0v) is 19.8. The number of para-hydroxylation sites is 2. The van der Waals surface area contributed by atoms with Crippen molar-refractivity contribution < 1.29 is 13.6 Å². The van der Waals surface area contributed by atoms with E-state index in [1.165, 1.54) is 16.5 Å². The first-order chi connectivity index (χ1) is 15.2. The quantitative estimate of drug-likeness (QED) is 0.258. The van der Waals surface area contributed by atoms with Crippen LogP contribution in [0.4, 0.5) is 0 Å². The maximum absolute atomic E-state index is 14.1. The molecule has 3 aromatic rings. The third-order valence-electron chi connectivity index (χ3n) is 4.81. The second kappa shape index (κ2) is 10.7. The van der Waals surface area contributed by atoms with Gasteiger partial charge in [0.25, 0.3) is 0 Å². The molecule has 0 unspecified atom stereocenters. The fraction of sp³-hybridized carbons (Fsp3) is 0.154. The molecule has 0 aliphatic heterocycles. The van der Waals surface area contributed by atoms with E-state index in [0.29, 0.717) is 11.5 Å². The molecule has 3 nitrogen and oxygen atoms in total. The zero-order valence-electron chi connectivity index (χ0n) is 17.2. The molecule has 31 heavy (non-hydrogen) atoms. The molecule has 0 heterocycles. The fourth-order valence-corrected chi connectivity index (χ4v) is 7.76. The molecule has 5 heteroatoms. The fourth-order valence-electron chi connectivity index (χ4n) is 3.32. The summed E-state index contributed by atoms with van der Waals surface area (Å²) in [5.41, 5.74) is 1.27. The Balaban J connectivity index is 1.73. The molecule has 0 radical (unpaired) electrons. The molecule has 4 rings (SSSR count). The molecule has 3 aromatic carbocycles. The maximum atomic E-state index is 14.1. The van der Waals surface area contributed by atoms with Crippen LogP contribution < -0.4 is 13.5 Å². The van der Waals surface area contributed by atoms with Crippen LogP contribution in [0.5, 0.6) is 11.5 Å². The van der Waals surface area contributed by atoms with E-state index in [9.17, 15) is 4.57 Å². The van der Waals surface area contributed by atoms with Crippen molar-refractivity contribution in [1.29, 1.82) is 0 Å². The summed E-state index contributed by atoms with van der Waals surface area (Å²) in [6, 6.07) is 28.8. The number of allylic oxidation sites excluding steroid dienone is 3. The van der Waals surface area contributed by atoms with Crippen LogP contribution in [-0.4, -0.2) is 15.0 Å². The number of hydrogen-bond acceptors (Lipinski definition) is 3.